The third kappa shape index (κ3) is 2.37. The second kappa shape index (κ2) is 5.44. The summed E-state index contributed by atoms with van der Waals surface area (Å²) in [6, 6.07) is 2.17. The number of anilines is 2. The number of nitrogens with one attached hydrogen (secondary N) is 1. The molecule has 5 heteroatoms. The molecule has 4 nitrogen and oxygen atoms in total. The predicted molar refractivity (Wildman–Crippen MR) is 89.2 cm³/mol. The van der Waals surface area contributed by atoms with Gasteiger partial charge in [0, 0.05) is 19.6 Å². The fourth-order valence-electron chi connectivity index (χ4n) is 3.80. The second-order valence-electron chi connectivity index (χ2n) is 6.29. The molecule has 112 valence electrons. The maximum Gasteiger partial charge on any atom is 0.226 e. The summed E-state index contributed by atoms with van der Waals surface area (Å²) in [6.07, 6.45) is 5.32. The van der Waals surface area contributed by atoms with E-state index in [9.17, 15) is 0 Å². The first-order valence-corrected chi connectivity index (χ1v) is 8.97. The first kappa shape index (κ1) is 13.3. The van der Waals surface area contributed by atoms with Gasteiger partial charge in [0.15, 0.2) is 0 Å². The molecular formula is C16H22N4S. The van der Waals surface area contributed by atoms with E-state index in [1.54, 1.807) is 11.3 Å². The zero-order chi connectivity index (χ0) is 14.2. The third-order valence-corrected chi connectivity index (χ3v) is 5.67. The topological polar surface area (TPSA) is 41.1 Å². The van der Waals surface area contributed by atoms with E-state index in [4.69, 9.17) is 4.98 Å². The molecule has 1 N–H and O–H groups in total. The van der Waals surface area contributed by atoms with Crippen molar-refractivity contribution in [3.8, 4) is 0 Å². The molecule has 2 fully saturated rings. The van der Waals surface area contributed by atoms with Crippen LogP contribution >= 0.6 is 11.3 Å². The van der Waals surface area contributed by atoms with Crippen molar-refractivity contribution >= 4 is 33.3 Å². The molecule has 1 saturated carbocycles. The summed E-state index contributed by atoms with van der Waals surface area (Å²) in [7, 11) is 0. The third-order valence-electron chi connectivity index (χ3n) is 4.86. The van der Waals surface area contributed by atoms with E-state index in [0.29, 0.717) is 0 Å². The van der Waals surface area contributed by atoms with Crippen LogP contribution in [0.2, 0.25) is 0 Å². The van der Waals surface area contributed by atoms with Crippen molar-refractivity contribution in [1.82, 2.24) is 9.97 Å². The summed E-state index contributed by atoms with van der Waals surface area (Å²) in [5.74, 6) is 3.72. The van der Waals surface area contributed by atoms with Crippen molar-refractivity contribution in [2.75, 3.05) is 29.9 Å². The van der Waals surface area contributed by atoms with E-state index in [1.165, 1.54) is 37.7 Å². The molecule has 2 aromatic heterocycles. The first-order chi connectivity index (χ1) is 10.3. The van der Waals surface area contributed by atoms with E-state index in [1.807, 2.05) is 0 Å². The highest BCUT2D eigenvalue weighted by Gasteiger charge is 2.37. The van der Waals surface area contributed by atoms with E-state index in [-0.39, 0.29) is 0 Å². The van der Waals surface area contributed by atoms with Crippen molar-refractivity contribution in [1.29, 1.82) is 0 Å². The molecule has 3 heterocycles. The maximum atomic E-state index is 4.83. The lowest BCUT2D eigenvalue weighted by Gasteiger charge is -2.20. The lowest BCUT2D eigenvalue weighted by molar-refractivity contribution is 0.494. The Kier molecular flexibility index (Phi) is 3.45. The molecule has 0 aromatic carbocycles. The molecule has 2 aromatic rings. The van der Waals surface area contributed by atoms with Crippen LogP contribution in [0, 0.1) is 11.8 Å². The summed E-state index contributed by atoms with van der Waals surface area (Å²) in [5.41, 5.74) is 0. The lowest BCUT2D eigenvalue weighted by Crippen LogP contribution is -2.22. The van der Waals surface area contributed by atoms with Gasteiger partial charge in [-0.25, -0.2) is 4.98 Å². The highest BCUT2D eigenvalue weighted by atomic mass is 32.1. The van der Waals surface area contributed by atoms with Gasteiger partial charge in [0.2, 0.25) is 5.95 Å². The molecule has 1 aliphatic heterocycles. The number of fused-ring (bicyclic) bond motifs is 2. The van der Waals surface area contributed by atoms with Crippen molar-refractivity contribution in [3.63, 3.8) is 0 Å². The SMILES string of the molecule is CCCNc1nc(N2CC3CCCC3C2)c2ccsc2n1. The summed E-state index contributed by atoms with van der Waals surface area (Å²) in [6.45, 7) is 5.46. The molecule has 0 bridgehead atoms. The minimum Gasteiger partial charge on any atom is -0.355 e. The normalized spacial score (nSPS) is 24.7. The van der Waals surface area contributed by atoms with Gasteiger partial charge < -0.3 is 10.2 Å². The molecule has 21 heavy (non-hydrogen) atoms. The van der Waals surface area contributed by atoms with Crippen molar-refractivity contribution in [3.05, 3.63) is 11.4 Å². The number of nitrogens with zero attached hydrogens (tertiary/aromatic N) is 3. The summed E-state index contributed by atoms with van der Waals surface area (Å²) < 4.78 is 0. The van der Waals surface area contributed by atoms with Crippen molar-refractivity contribution in [2.24, 2.45) is 11.8 Å². The number of aromatic nitrogens is 2. The van der Waals surface area contributed by atoms with E-state index < -0.39 is 0 Å². The summed E-state index contributed by atoms with van der Waals surface area (Å²) in [4.78, 5) is 13.1. The Balaban J connectivity index is 1.68. The average molecular weight is 302 g/mol. The van der Waals surface area contributed by atoms with Crippen LogP contribution < -0.4 is 10.2 Å². The summed E-state index contributed by atoms with van der Waals surface area (Å²) >= 11 is 1.71. The average Bonchev–Trinajstić information content (AvgIpc) is 3.18. The van der Waals surface area contributed by atoms with Gasteiger partial charge in [-0.15, -0.1) is 11.3 Å². The Morgan fingerprint density at radius 1 is 1.29 bits per heavy atom. The van der Waals surface area contributed by atoms with E-state index >= 15 is 0 Å². The van der Waals surface area contributed by atoms with Crippen LogP contribution in [-0.4, -0.2) is 29.6 Å². The monoisotopic (exact) mass is 302 g/mol. The number of hydrogen-bond acceptors (Lipinski definition) is 5. The molecule has 4 rings (SSSR count). The van der Waals surface area contributed by atoms with Gasteiger partial charge >= 0.3 is 0 Å². The Morgan fingerprint density at radius 2 is 2.10 bits per heavy atom. The molecular weight excluding hydrogens is 280 g/mol. The van der Waals surface area contributed by atoms with E-state index in [2.05, 4.69) is 33.6 Å². The van der Waals surface area contributed by atoms with Crippen LogP contribution in [0.1, 0.15) is 32.6 Å². The Bertz CT molecular complexity index is 626. The number of thiophene rings is 1. The zero-order valence-electron chi connectivity index (χ0n) is 12.5. The molecule has 2 unspecified atom stereocenters. The van der Waals surface area contributed by atoms with Crippen molar-refractivity contribution in [2.45, 2.75) is 32.6 Å². The largest absolute Gasteiger partial charge is 0.355 e. The zero-order valence-corrected chi connectivity index (χ0v) is 13.3. The summed E-state index contributed by atoms with van der Waals surface area (Å²) in [5, 5.41) is 6.70. The highest BCUT2D eigenvalue weighted by molar-refractivity contribution is 7.16. The second-order valence-corrected chi connectivity index (χ2v) is 7.19. The molecule has 2 atom stereocenters. The lowest BCUT2D eigenvalue weighted by atomic mass is 10.0. The molecule has 2 aliphatic rings. The van der Waals surface area contributed by atoms with Crippen LogP contribution in [0.5, 0.6) is 0 Å². The van der Waals surface area contributed by atoms with Gasteiger partial charge in [-0.1, -0.05) is 13.3 Å². The molecule has 0 radical (unpaired) electrons. The standard InChI is InChI=1S/C16H22N4S/c1-2-7-17-16-18-14(13-6-8-21-15(13)19-16)20-9-11-4-3-5-12(11)10-20/h6,8,11-12H,2-5,7,9-10H2,1H3,(H,17,18,19). The Labute approximate surface area is 129 Å². The minimum absolute atomic E-state index is 0.791. The van der Waals surface area contributed by atoms with Gasteiger partial charge in [0.25, 0.3) is 0 Å². The van der Waals surface area contributed by atoms with E-state index in [0.717, 1.165) is 41.4 Å². The van der Waals surface area contributed by atoms with Crippen LogP contribution in [-0.2, 0) is 0 Å². The predicted octanol–water partition coefficient (Wildman–Crippen LogP) is 3.75. The fourth-order valence-corrected chi connectivity index (χ4v) is 4.56. The Hall–Kier alpha value is -1.36. The van der Waals surface area contributed by atoms with Gasteiger partial charge in [-0.3, -0.25) is 0 Å². The van der Waals surface area contributed by atoms with Crippen molar-refractivity contribution < 1.29 is 0 Å². The highest BCUT2D eigenvalue weighted by Crippen LogP contribution is 2.41. The minimum atomic E-state index is 0.791. The smallest absolute Gasteiger partial charge is 0.226 e. The molecule has 0 spiro atoms. The fraction of sp³-hybridized carbons (Fsp3) is 0.625. The molecule has 1 aliphatic carbocycles. The van der Waals surface area contributed by atoms with Crippen LogP contribution in [0.15, 0.2) is 11.4 Å². The van der Waals surface area contributed by atoms with Crippen LogP contribution in [0.25, 0.3) is 10.2 Å². The maximum absolute atomic E-state index is 4.83. The van der Waals surface area contributed by atoms with Gasteiger partial charge in [-0.2, -0.15) is 4.98 Å². The molecule has 1 saturated heterocycles. The van der Waals surface area contributed by atoms with Gasteiger partial charge in [0.1, 0.15) is 10.6 Å². The number of hydrogen-bond donors (Lipinski definition) is 1. The quantitative estimate of drug-likeness (QED) is 0.934. The number of rotatable bonds is 4. The van der Waals surface area contributed by atoms with Gasteiger partial charge in [0.05, 0.1) is 5.39 Å². The van der Waals surface area contributed by atoms with Gasteiger partial charge in [-0.05, 0) is 42.5 Å². The Morgan fingerprint density at radius 3 is 2.86 bits per heavy atom. The molecule has 0 amide bonds. The van der Waals surface area contributed by atoms with Crippen LogP contribution in [0.3, 0.4) is 0 Å². The first-order valence-electron chi connectivity index (χ1n) is 8.09. The van der Waals surface area contributed by atoms with Crippen LogP contribution in [0.4, 0.5) is 11.8 Å².